The van der Waals surface area contributed by atoms with Gasteiger partial charge in [-0.3, -0.25) is 4.79 Å². The van der Waals surface area contributed by atoms with Crippen LogP contribution < -0.4 is 5.32 Å². The van der Waals surface area contributed by atoms with E-state index in [0.29, 0.717) is 6.54 Å². The van der Waals surface area contributed by atoms with Crippen LogP contribution in [0.1, 0.15) is 19.8 Å². The maximum atomic E-state index is 11.0. The van der Waals surface area contributed by atoms with E-state index in [1.807, 2.05) is 6.07 Å². The molecule has 0 radical (unpaired) electrons. The maximum Gasteiger partial charge on any atom is 0.234 e. The molecule has 0 atom stereocenters. The first kappa shape index (κ1) is 13.9. The highest BCUT2D eigenvalue weighted by Crippen LogP contribution is 2.01. The molecule has 17 heavy (non-hydrogen) atoms. The number of rotatable bonds is 6. The molecule has 1 amide bonds. The number of hydrogen-bond acceptors (Lipinski definition) is 4. The van der Waals surface area contributed by atoms with E-state index in [-0.39, 0.29) is 12.3 Å². The van der Waals surface area contributed by atoms with Crippen molar-refractivity contribution < 1.29 is 4.79 Å². The van der Waals surface area contributed by atoms with Gasteiger partial charge in [0.05, 0.1) is 6.07 Å². The van der Waals surface area contributed by atoms with E-state index in [0.717, 1.165) is 45.7 Å². The lowest BCUT2D eigenvalue weighted by Gasteiger charge is -2.33. The highest BCUT2D eigenvalue weighted by atomic mass is 16.1. The Morgan fingerprint density at radius 2 is 1.94 bits per heavy atom. The predicted molar refractivity (Wildman–Crippen MR) is 66.4 cm³/mol. The van der Waals surface area contributed by atoms with Gasteiger partial charge in [-0.05, 0) is 19.5 Å². The summed E-state index contributed by atoms with van der Waals surface area (Å²) >= 11 is 0. The fourth-order valence-corrected chi connectivity index (χ4v) is 1.99. The van der Waals surface area contributed by atoms with Crippen molar-refractivity contribution in [1.82, 2.24) is 15.1 Å². The Morgan fingerprint density at radius 1 is 1.29 bits per heavy atom. The van der Waals surface area contributed by atoms with Crippen molar-refractivity contribution in [2.45, 2.75) is 19.8 Å². The quantitative estimate of drug-likeness (QED) is 0.664. The minimum atomic E-state index is -0.164. The van der Waals surface area contributed by atoms with E-state index in [2.05, 4.69) is 22.0 Å². The van der Waals surface area contributed by atoms with Gasteiger partial charge in [-0.2, -0.15) is 5.26 Å². The van der Waals surface area contributed by atoms with E-state index >= 15 is 0 Å². The van der Waals surface area contributed by atoms with Gasteiger partial charge in [0.1, 0.15) is 6.42 Å². The molecule has 0 aliphatic carbocycles. The van der Waals surface area contributed by atoms with Gasteiger partial charge in [-0.1, -0.05) is 6.92 Å². The van der Waals surface area contributed by atoms with Crippen molar-refractivity contribution in [2.24, 2.45) is 0 Å². The molecule has 0 bridgehead atoms. The number of carbonyl (C=O) groups is 1. The van der Waals surface area contributed by atoms with E-state index in [1.165, 1.54) is 0 Å². The Bertz CT molecular complexity index is 266. The van der Waals surface area contributed by atoms with Gasteiger partial charge in [0.15, 0.2) is 0 Å². The smallest absolute Gasteiger partial charge is 0.234 e. The summed E-state index contributed by atoms with van der Waals surface area (Å²) in [6, 6.07) is 1.84. The third kappa shape index (κ3) is 5.66. The molecule has 0 aromatic heterocycles. The molecule has 1 heterocycles. The molecule has 0 spiro atoms. The molecular formula is C12H22N4O. The molecule has 1 fully saturated rings. The van der Waals surface area contributed by atoms with Crippen LogP contribution in [0.25, 0.3) is 0 Å². The fraction of sp³-hybridized carbons (Fsp3) is 0.833. The second kappa shape index (κ2) is 8.04. The summed E-state index contributed by atoms with van der Waals surface area (Å²) < 4.78 is 0. The monoisotopic (exact) mass is 238 g/mol. The Morgan fingerprint density at radius 3 is 2.53 bits per heavy atom. The Kier molecular flexibility index (Phi) is 6.60. The van der Waals surface area contributed by atoms with E-state index in [1.54, 1.807) is 0 Å². The zero-order valence-electron chi connectivity index (χ0n) is 10.6. The third-order valence-corrected chi connectivity index (χ3v) is 3.13. The predicted octanol–water partition coefficient (Wildman–Crippen LogP) is 0.0439. The average Bonchev–Trinajstić information content (AvgIpc) is 2.36. The molecule has 5 nitrogen and oxygen atoms in total. The number of hydrogen-bond donors (Lipinski definition) is 1. The topological polar surface area (TPSA) is 59.4 Å². The molecular weight excluding hydrogens is 216 g/mol. The summed E-state index contributed by atoms with van der Waals surface area (Å²) in [5.74, 6) is -0.164. The lowest BCUT2D eigenvalue weighted by molar-refractivity contribution is -0.120. The van der Waals surface area contributed by atoms with Gasteiger partial charge in [0.25, 0.3) is 0 Å². The molecule has 96 valence electrons. The van der Waals surface area contributed by atoms with Crippen molar-refractivity contribution in [3.63, 3.8) is 0 Å². The highest BCUT2D eigenvalue weighted by Gasteiger charge is 2.14. The minimum absolute atomic E-state index is 0.0326. The van der Waals surface area contributed by atoms with Gasteiger partial charge in [-0.15, -0.1) is 0 Å². The normalized spacial score (nSPS) is 17.6. The van der Waals surface area contributed by atoms with Crippen molar-refractivity contribution >= 4 is 5.91 Å². The number of carbonyl (C=O) groups excluding carboxylic acids is 1. The van der Waals surface area contributed by atoms with Crippen LogP contribution in [0.4, 0.5) is 0 Å². The number of likely N-dealkylation sites (N-methyl/N-ethyl adjacent to an activating group) is 1. The molecule has 1 rings (SSSR count). The molecule has 5 heteroatoms. The average molecular weight is 238 g/mol. The zero-order valence-corrected chi connectivity index (χ0v) is 10.6. The van der Waals surface area contributed by atoms with Crippen molar-refractivity contribution in [2.75, 3.05) is 45.8 Å². The van der Waals surface area contributed by atoms with Gasteiger partial charge >= 0.3 is 0 Å². The number of piperazine rings is 1. The lowest BCUT2D eigenvalue weighted by atomic mass is 10.3. The first-order valence-corrected chi connectivity index (χ1v) is 6.34. The van der Waals surface area contributed by atoms with Crippen LogP contribution in [0, 0.1) is 11.3 Å². The largest absolute Gasteiger partial charge is 0.355 e. The Hall–Kier alpha value is -1.12. The lowest BCUT2D eigenvalue weighted by Crippen LogP contribution is -2.46. The van der Waals surface area contributed by atoms with Gasteiger partial charge in [0.2, 0.25) is 5.91 Å². The maximum absolute atomic E-state index is 11.0. The van der Waals surface area contributed by atoms with Crippen LogP contribution in [0.2, 0.25) is 0 Å². The summed E-state index contributed by atoms with van der Waals surface area (Å²) in [6.45, 7) is 9.59. The van der Waals surface area contributed by atoms with Crippen molar-refractivity contribution in [3.8, 4) is 6.07 Å². The Balaban J connectivity index is 2.01. The summed E-state index contributed by atoms with van der Waals surface area (Å²) in [5, 5.41) is 11.1. The number of amides is 1. The molecule has 0 aromatic carbocycles. The second-order valence-electron chi connectivity index (χ2n) is 4.31. The Labute approximate surface area is 103 Å². The standard InChI is InChI=1S/C12H22N4O/c1-2-15-8-10-16(11-9-15)7-3-6-14-12(17)4-5-13/h2-4,6-11H2,1H3,(H,14,17). The SMILES string of the molecule is CCN1CCN(CCCNC(=O)CC#N)CC1. The van der Waals surface area contributed by atoms with E-state index in [9.17, 15) is 4.79 Å². The molecule has 1 saturated heterocycles. The van der Waals surface area contributed by atoms with Crippen LogP contribution >= 0.6 is 0 Å². The molecule has 1 aliphatic rings. The molecule has 1 aliphatic heterocycles. The van der Waals surface area contributed by atoms with Gasteiger partial charge in [-0.25, -0.2) is 0 Å². The van der Waals surface area contributed by atoms with Crippen molar-refractivity contribution in [1.29, 1.82) is 5.26 Å². The van der Waals surface area contributed by atoms with Crippen molar-refractivity contribution in [3.05, 3.63) is 0 Å². The van der Waals surface area contributed by atoms with Crippen LogP contribution in [0.15, 0.2) is 0 Å². The number of nitriles is 1. The van der Waals surface area contributed by atoms with Gasteiger partial charge < -0.3 is 15.1 Å². The first-order valence-electron chi connectivity index (χ1n) is 6.34. The molecule has 0 unspecified atom stereocenters. The summed E-state index contributed by atoms with van der Waals surface area (Å²) in [4.78, 5) is 15.9. The molecule has 1 N–H and O–H groups in total. The van der Waals surface area contributed by atoms with Crippen LogP contribution in [-0.4, -0.2) is 61.5 Å². The number of nitrogens with one attached hydrogen (secondary N) is 1. The molecule has 0 saturated carbocycles. The summed E-state index contributed by atoms with van der Waals surface area (Å²) in [7, 11) is 0. The van der Waals surface area contributed by atoms with Crippen LogP contribution in [0.3, 0.4) is 0 Å². The van der Waals surface area contributed by atoms with E-state index < -0.39 is 0 Å². The van der Waals surface area contributed by atoms with E-state index in [4.69, 9.17) is 5.26 Å². The first-order chi connectivity index (χ1) is 8.26. The minimum Gasteiger partial charge on any atom is -0.355 e. The summed E-state index contributed by atoms with van der Waals surface area (Å²) in [6.07, 6.45) is 0.929. The van der Waals surface area contributed by atoms with Crippen LogP contribution in [0.5, 0.6) is 0 Å². The highest BCUT2D eigenvalue weighted by molar-refractivity contribution is 5.77. The molecule has 0 aromatic rings. The second-order valence-corrected chi connectivity index (χ2v) is 4.31. The van der Waals surface area contributed by atoms with Gasteiger partial charge in [0, 0.05) is 32.7 Å². The fourth-order valence-electron chi connectivity index (χ4n) is 1.99. The van der Waals surface area contributed by atoms with Crippen LogP contribution in [-0.2, 0) is 4.79 Å². The zero-order chi connectivity index (χ0) is 12.5. The number of nitrogens with zero attached hydrogens (tertiary/aromatic N) is 3. The third-order valence-electron chi connectivity index (χ3n) is 3.13. The summed E-state index contributed by atoms with van der Waals surface area (Å²) in [5.41, 5.74) is 0.